The van der Waals surface area contributed by atoms with Gasteiger partial charge in [-0.1, -0.05) is 30.3 Å². The molecule has 1 saturated carbocycles. The molecule has 1 saturated heterocycles. The Labute approximate surface area is 144 Å². The largest absolute Gasteiger partial charge is 0.367 e. The highest BCUT2D eigenvalue weighted by molar-refractivity contribution is 5.35. The van der Waals surface area contributed by atoms with E-state index in [0.29, 0.717) is 12.0 Å². The third-order valence-corrected chi connectivity index (χ3v) is 5.12. The maximum absolute atomic E-state index is 4.69. The van der Waals surface area contributed by atoms with Crippen molar-refractivity contribution in [3.63, 3.8) is 0 Å². The van der Waals surface area contributed by atoms with Gasteiger partial charge in [-0.15, -0.1) is 0 Å². The van der Waals surface area contributed by atoms with Crippen molar-refractivity contribution in [2.45, 2.75) is 44.1 Å². The lowest BCUT2D eigenvalue weighted by Gasteiger charge is -2.32. The third-order valence-electron chi connectivity index (χ3n) is 5.12. The van der Waals surface area contributed by atoms with E-state index in [2.05, 4.69) is 50.5 Å². The number of hydrogen-bond donors (Lipinski definition) is 1. The molecule has 0 amide bonds. The molecule has 24 heavy (non-hydrogen) atoms. The summed E-state index contributed by atoms with van der Waals surface area (Å²) in [5, 5.41) is 3.62. The minimum atomic E-state index is 0.542. The molecule has 1 aliphatic heterocycles. The number of anilines is 1. The van der Waals surface area contributed by atoms with Crippen LogP contribution in [0.3, 0.4) is 0 Å². The van der Waals surface area contributed by atoms with E-state index in [1.165, 1.54) is 44.3 Å². The maximum Gasteiger partial charge on any atom is 0.133 e. The summed E-state index contributed by atoms with van der Waals surface area (Å²) in [5.41, 5.74) is 1.44. The fourth-order valence-electron chi connectivity index (χ4n) is 3.43. The number of nitrogens with one attached hydrogen (secondary N) is 1. The number of benzene rings is 1. The lowest BCUT2D eigenvalue weighted by atomic mass is 10.0. The number of nitrogens with zero attached hydrogens (tertiary/aromatic N) is 3. The first-order valence-electron chi connectivity index (χ1n) is 9.22. The summed E-state index contributed by atoms with van der Waals surface area (Å²) >= 11 is 0. The number of rotatable bonds is 6. The average molecular weight is 322 g/mol. The summed E-state index contributed by atoms with van der Waals surface area (Å²) in [5.74, 6) is 2.65. The molecule has 0 atom stereocenters. The van der Waals surface area contributed by atoms with Gasteiger partial charge >= 0.3 is 0 Å². The van der Waals surface area contributed by atoms with Crippen molar-refractivity contribution in [2.24, 2.45) is 0 Å². The van der Waals surface area contributed by atoms with Crippen molar-refractivity contribution in [1.29, 1.82) is 0 Å². The summed E-state index contributed by atoms with van der Waals surface area (Å²) in [6.45, 7) is 3.51. The summed E-state index contributed by atoms with van der Waals surface area (Å²) in [6.07, 6.45) is 7.94. The fourth-order valence-corrected chi connectivity index (χ4v) is 3.43. The Bertz CT molecular complexity index is 646. The molecular weight excluding hydrogens is 296 g/mol. The van der Waals surface area contributed by atoms with Gasteiger partial charge in [0.25, 0.3) is 0 Å². The zero-order chi connectivity index (χ0) is 16.2. The Balaban J connectivity index is 1.23. The van der Waals surface area contributed by atoms with Crippen LogP contribution in [0.5, 0.6) is 0 Å². The molecule has 1 aliphatic carbocycles. The van der Waals surface area contributed by atoms with Gasteiger partial charge in [0, 0.05) is 37.8 Å². The van der Waals surface area contributed by atoms with Gasteiger partial charge in [-0.05, 0) is 43.7 Å². The molecule has 0 spiro atoms. The molecule has 2 fully saturated rings. The van der Waals surface area contributed by atoms with E-state index in [1.807, 2.05) is 12.3 Å². The van der Waals surface area contributed by atoms with Crippen LogP contribution in [0.4, 0.5) is 5.82 Å². The molecule has 0 bridgehead atoms. The molecule has 2 aliphatic rings. The van der Waals surface area contributed by atoms with Gasteiger partial charge in [0.15, 0.2) is 0 Å². The molecule has 4 rings (SSSR count). The number of likely N-dealkylation sites (tertiary alicyclic amines) is 1. The third kappa shape index (κ3) is 4.12. The Kier molecular flexibility index (Phi) is 4.74. The zero-order valence-corrected chi connectivity index (χ0v) is 14.2. The van der Waals surface area contributed by atoms with Crippen LogP contribution in [0.2, 0.25) is 0 Å². The van der Waals surface area contributed by atoms with Gasteiger partial charge in [-0.25, -0.2) is 9.97 Å². The van der Waals surface area contributed by atoms with Crippen LogP contribution in [0.15, 0.2) is 42.6 Å². The SMILES string of the molecule is c1ccc(CCN2CCC(Nc3ccnc(C4CC4)n3)CC2)cc1. The van der Waals surface area contributed by atoms with Crippen LogP contribution >= 0.6 is 0 Å². The quantitative estimate of drug-likeness (QED) is 0.884. The molecule has 1 aromatic heterocycles. The van der Waals surface area contributed by atoms with E-state index in [1.54, 1.807) is 0 Å². The predicted molar refractivity (Wildman–Crippen MR) is 97.2 cm³/mol. The van der Waals surface area contributed by atoms with Crippen LogP contribution in [0.25, 0.3) is 0 Å². The molecule has 2 heterocycles. The molecule has 2 aromatic rings. The van der Waals surface area contributed by atoms with Crippen LogP contribution in [0, 0.1) is 0 Å². The Hall–Kier alpha value is -1.94. The highest BCUT2D eigenvalue weighted by Gasteiger charge is 2.27. The normalized spacial score (nSPS) is 19.3. The van der Waals surface area contributed by atoms with Gasteiger partial charge in [-0.2, -0.15) is 0 Å². The average Bonchev–Trinajstić information content (AvgIpc) is 3.48. The standard InChI is InChI=1S/C20H26N4/c1-2-4-16(5-3-1)9-13-24-14-10-18(11-15-24)22-19-8-12-21-20(23-19)17-6-7-17/h1-5,8,12,17-18H,6-7,9-11,13-15H2,(H,21,22,23). The van der Waals surface area contributed by atoms with Gasteiger partial charge in [0.2, 0.25) is 0 Å². The highest BCUT2D eigenvalue weighted by atomic mass is 15.1. The van der Waals surface area contributed by atoms with Crippen molar-refractivity contribution < 1.29 is 0 Å². The van der Waals surface area contributed by atoms with Crippen LogP contribution in [-0.2, 0) is 6.42 Å². The summed E-state index contributed by atoms with van der Waals surface area (Å²) in [7, 11) is 0. The van der Waals surface area contributed by atoms with Crippen molar-refractivity contribution in [2.75, 3.05) is 25.0 Å². The second-order valence-electron chi connectivity index (χ2n) is 7.07. The topological polar surface area (TPSA) is 41.0 Å². The first kappa shape index (κ1) is 15.6. The molecule has 1 aromatic carbocycles. The summed E-state index contributed by atoms with van der Waals surface area (Å²) in [6, 6.07) is 13.3. The molecule has 0 radical (unpaired) electrons. The summed E-state index contributed by atoms with van der Waals surface area (Å²) in [4.78, 5) is 11.7. The minimum Gasteiger partial charge on any atom is -0.367 e. The molecule has 1 N–H and O–H groups in total. The summed E-state index contributed by atoms with van der Waals surface area (Å²) < 4.78 is 0. The molecule has 126 valence electrons. The van der Waals surface area contributed by atoms with E-state index < -0.39 is 0 Å². The van der Waals surface area contributed by atoms with Gasteiger partial charge in [-0.3, -0.25) is 0 Å². The lowest BCUT2D eigenvalue weighted by Crippen LogP contribution is -2.40. The Morgan fingerprint density at radius 1 is 1.00 bits per heavy atom. The molecule has 4 heteroatoms. The van der Waals surface area contributed by atoms with Gasteiger partial charge in [0.05, 0.1) is 0 Å². The maximum atomic E-state index is 4.69. The predicted octanol–water partition coefficient (Wildman–Crippen LogP) is 3.47. The van der Waals surface area contributed by atoms with Crippen LogP contribution in [-0.4, -0.2) is 40.5 Å². The van der Waals surface area contributed by atoms with Crippen LogP contribution in [0.1, 0.15) is 43.0 Å². The van der Waals surface area contributed by atoms with E-state index in [4.69, 9.17) is 0 Å². The molecular formula is C20H26N4. The molecule has 4 nitrogen and oxygen atoms in total. The van der Waals surface area contributed by atoms with Crippen molar-refractivity contribution in [1.82, 2.24) is 14.9 Å². The monoisotopic (exact) mass is 322 g/mol. The van der Waals surface area contributed by atoms with Crippen LogP contribution < -0.4 is 5.32 Å². The Morgan fingerprint density at radius 3 is 2.54 bits per heavy atom. The van der Waals surface area contributed by atoms with Gasteiger partial charge < -0.3 is 10.2 Å². The van der Waals surface area contributed by atoms with E-state index in [-0.39, 0.29) is 0 Å². The minimum absolute atomic E-state index is 0.542. The van der Waals surface area contributed by atoms with E-state index >= 15 is 0 Å². The first-order chi connectivity index (χ1) is 11.9. The zero-order valence-electron chi connectivity index (χ0n) is 14.2. The number of hydrogen-bond acceptors (Lipinski definition) is 4. The second kappa shape index (κ2) is 7.31. The Morgan fingerprint density at radius 2 is 1.79 bits per heavy atom. The second-order valence-corrected chi connectivity index (χ2v) is 7.07. The van der Waals surface area contributed by atoms with Crippen molar-refractivity contribution in [3.8, 4) is 0 Å². The lowest BCUT2D eigenvalue weighted by molar-refractivity contribution is 0.221. The van der Waals surface area contributed by atoms with Crippen molar-refractivity contribution >= 4 is 5.82 Å². The van der Waals surface area contributed by atoms with Gasteiger partial charge in [0.1, 0.15) is 11.6 Å². The first-order valence-corrected chi connectivity index (χ1v) is 9.22. The number of aromatic nitrogens is 2. The van der Waals surface area contributed by atoms with Crippen molar-refractivity contribution in [3.05, 3.63) is 54.0 Å². The number of piperidine rings is 1. The molecule has 0 unspecified atom stereocenters. The smallest absolute Gasteiger partial charge is 0.133 e. The van der Waals surface area contributed by atoms with E-state index in [9.17, 15) is 0 Å². The van der Waals surface area contributed by atoms with E-state index in [0.717, 1.165) is 24.6 Å². The highest BCUT2D eigenvalue weighted by Crippen LogP contribution is 2.38. The fraction of sp³-hybridized carbons (Fsp3) is 0.500.